The van der Waals surface area contributed by atoms with Crippen LogP contribution in [0.1, 0.15) is 30.9 Å². The molecular formula is C15H22N2O2. The molecule has 1 aliphatic carbocycles. The molecule has 3 N–H and O–H groups in total. The van der Waals surface area contributed by atoms with Crippen molar-refractivity contribution in [1.82, 2.24) is 5.32 Å². The maximum absolute atomic E-state index is 11.3. The quantitative estimate of drug-likeness (QED) is 0.843. The number of nitrogens with two attached hydrogens (primary N) is 1. The Morgan fingerprint density at radius 2 is 2.26 bits per heavy atom. The minimum Gasteiger partial charge on any atom is -0.497 e. The molecule has 0 heterocycles. The van der Waals surface area contributed by atoms with Crippen molar-refractivity contribution in [1.29, 1.82) is 0 Å². The number of carbonyl (C=O) groups is 1. The van der Waals surface area contributed by atoms with Gasteiger partial charge in [0.15, 0.2) is 0 Å². The van der Waals surface area contributed by atoms with E-state index in [1.165, 1.54) is 11.1 Å². The number of fused-ring (bicyclic) bond motifs is 1. The molecule has 0 aliphatic heterocycles. The van der Waals surface area contributed by atoms with Crippen LogP contribution in [-0.2, 0) is 17.6 Å². The topological polar surface area (TPSA) is 64.3 Å². The van der Waals surface area contributed by atoms with E-state index in [1.54, 1.807) is 7.11 Å². The number of benzene rings is 1. The van der Waals surface area contributed by atoms with E-state index in [0.29, 0.717) is 6.42 Å². The molecule has 104 valence electrons. The largest absolute Gasteiger partial charge is 0.497 e. The van der Waals surface area contributed by atoms with Crippen LogP contribution in [0.2, 0.25) is 0 Å². The zero-order valence-corrected chi connectivity index (χ0v) is 11.7. The van der Waals surface area contributed by atoms with Gasteiger partial charge in [-0.25, -0.2) is 0 Å². The van der Waals surface area contributed by atoms with E-state index in [0.717, 1.165) is 31.6 Å². The van der Waals surface area contributed by atoms with Crippen molar-refractivity contribution in [2.75, 3.05) is 13.7 Å². The second-order valence-corrected chi connectivity index (χ2v) is 5.27. The van der Waals surface area contributed by atoms with Gasteiger partial charge >= 0.3 is 0 Å². The van der Waals surface area contributed by atoms with Crippen LogP contribution in [0, 0.1) is 0 Å². The molecule has 0 saturated heterocycles. The second kappa shape index (κ2) is 5.61. The molecule has 4 nitrogen and oxygen atoms in total. The van der Waals surface area contributed by atoms with Gasteiger partial charge < -0.3 is 15.8 Å². The van der Waals surface area contributed by atoms with Crippen LogP contribution < -0.4 is 15.8 Å². The van der Waals surface area contributed by atoms with Gasteiger partial charge in [0.05, 0.1) is 7.11 Å². The Labute approximate surface area is 114 Å². The highest BCUT2D eigenvalue weighted by atomic mass is 16.5. The highest BCUT2D eigenvalue weighted by molar-refractivity contribution is 5.75. The van der Waals surface area contributed by atoms with Crippen molar-refractivity contribution in [2.24, 2.45) is 5.73 Å². The molecule has 0 radical (unpaired) electrons. The molecular weight excluding hydrogens is 240 g/mol. The highest BCUT2D eigenvalue weighted by Gasteiger charge is 2.35. The average Bonchev–Trinajstić information content (AvgIpc) is 2.37. The Hall–Kier alpha value is -1.55. The van der Waals surface area contributed by atoms with E-state index >= 15 is 0 Å². The van der Waals surface area contributed by atoms with Gasteiger partial charge in [0.2, 0.25) is 5.91 Å². The second-order valence-electron chi connectivity index (χ2n) is 5.27. The van der Waals surface area contributed by atoms with E-state index in [-0.39, 0.29) is 11.4 Å². The number of ether oxygens (including phenoxy) is 1. The van der Waals surface area contributed by atoms with Gasteiger partial charge in [-0.2, -0.15) is 0 Å². The number of amides is 1. The van der Waals surface area contributed by atoms with Crippen LogP contribution in [0.25, 0.3) is 0 Å². The fraction of sp³-hybridized carbons (Fsp3) is 0.533. The Morgan fingerprint density at radius 1 is 1.47 bits per heavy atom. The summed E-state index contributed by atoms with van der Waals surface area (Å²) in [5, 5.41) is 3.47. The predicted molar refractivity (Wildman–Crippen MR) is 75.2 cm³/mol. The third-order valence-corrected chi connectivity index (χ3v) is 3.88. The molecule has 4 heteroatoms. The number of carbonyl (C=O) groups excluding carboxylic acids is 1. The average molecular weight is 262 g/mol. The van der Waals surface area contributed by atoms with Gasteiger partial charge in [-0.3, -0.25) is 4.79 Å². The number of nitrogens with one attached hydrogen (secondary N) is 1. The van der Waals surface area contributed by atoms with Crippen LogP contribution in [0.3, 0.4) is 0 Å². The van der Waals surface area contributed by atoms with Crippen molar-refractivity contribution in [3.8, 4) is 5.75 Å². The summed E-state index contributed by atoms with van der Waals surface area (Å²) in [5.74, 6) is 0.623. The van der Waals surface area contributed by atoms with Gasteiger partial charge in [-0.15, -0.1) is 0 Å². The Morgan fingerprint density at radius 3 is 2.89 bits per heavy atom. The number of methoxy groups -OCH3 is 1. The summed E-state index contributed by atoms with van der Waals surface area (Å²) in [6.07, 6.45) is 3.14. The standard InChI is InChI=1S/C15H22N2O2/c1-3-17-15(10-14(16)18)7-6-11-4-5-13(19-2)8-12(11)9-15/h4-5,8,17H,3,6-7,9-10H2,1-2H3,(H2,16,18). The number of likely N-dealkylation sites (N-methyl/N-ethyl adjacent to an activating group) is 1. The molecule has 0 aromatic heterocycles. The molecule has 1 amide bonds. The summed E-state index contributed by atoms with van der Waals surface area (Å²) in [7, 11) is 1.67. The van der Waals surface area contributed by atoms with Crippen LogP contribution >= 0.6 is 0 Å². The van der Waals surface area contributed by atoms with E-state index < -0.39 is 0 Å². The van der Waals surface area contributed by atoms with Gasteiger partial charge in [-0.1, -0.05) is 13.0 Å². The van der Waals surface area contributed by atoms with Crippen LogP contribution in [0.4, 0.5) is 0 Å². The molecule has 1 atom stereocenters. The first-order valence-electron chi connectivity index (χ1n) is 6.78. The minimum atomic E-state index is -0.243. The Kier molecular flexibility index (Phi) is 4.10. The number of hydrogen-bond acceptors (Lipinski definition) is 3. The fourth-order valence-corrected chi connectivity index (χ4v) is 3.04. The first kappa shape index (κ1) is 13.9. The van der Waals surface area contributed by atoms with Crippen molar-refractivity contribution >= 4 is 5.91 Å². The summed E-state index contributed by atoms with van der Waals surface area (Å²) < 4.78 is 5.28. The van der Waals surface area contributed by atoms with E-state index in [9.17, 15) is 4.79 Å². The number of hydrogen-bond donors (Lipinski definition) is 2. The first-order valence-corrected chi connectivity index (χ1v) is 6.78. The van der Waals surface area contributed by atoms with Gasteiger partial charge in [0.25, 0.3) is 0 Å². The molecule has 1 aromatic rings. The van der Waals surface area contributed by atoms with Crippen molar-refractivity contribution in [2.45, 2.75) is 38.1 Å². The third kappa shape index (κ3) is 3.07. The van der Waals surface area contributed by atoms with Gasteiger partial charge in [0, 0.05) is 12.0 Å². The Balaban J connectivity index is 2.28. The summed E-state index contributed by atoms with van der Waals surface area (Å²) in [6.45, 7) is 2.90. The Bertz CT molecular complexity index is 473. The molecule has 0 spiro atoms. The number of primary amides is 1. The minimum absolute atomic E-state index is 0.194. The lowest BCUT2D eigenvalue weighted by Crippen LogP contribution is -2.51. The molecule has 0 saturated carbocycles. The summed E-state index contributed by atoms with van der Waals surface area (Å²) in [4.78, 5) is 11.3. The van der Waals surface area contributed by atoms with E-state index in [2.05, 4.69) is 24.4 Å². The lowest BCUT2D eigenvalue weighted by Gasteiger charge is -2.38. The zero-order valence-electron chi connectivity index (χ0n) is 11.7. The zero-order chi connectivity index (χ0) is 13.9. The molecule has 0 bridgehead atoms. The van der Waals surface area contributed by atoms with E-state index in [4.69, 9.17) is 10.5 Å². The maximum atomic E-state index is 11.3. The van der Waals surface area contributed by atoms with Crippen molar-refractivity contribution in [3.05, 3.63) is 29.3 Å². The molecule has 1 unspecified atom stereocenters. The SMILES string of the molecule is CCNC1(CC(N)=O)CCc2ccc(OC)cc2C1. The van der Waals surface area contributed by atoms with Crippen LogP contribution in [0.5, 0.6) is 5.75 Å². The first-order chi connectivity index (χ1) is 9.08. The lowest BCUT2D eigenvalue weighted by molar-refractivity contribution is -0.119. The third-order valence-electron chi connectivity index (χ3n) is 3.88. The predicted octanol–water partition coefficient (Wildman–Crippen LogP) is 1.41. The smallest absolute Gasteiger partial charge is 0.219 e. The van der Waals surface area contributed by atoms with Gasteiger partial charge in [-0.05, 0) is 49.1 Å². The van der Waals surface area contributed by atoms with Crippen LogP contribution in [0.15, 0.2) is 18.2 Å². The van der Waals surface area contributed by atoms with E-state index in [1.807, 2.05) is 6.07 Å². The lowest BCUT2D eigenvalue weighted by atomic mass is 9.75. The summed E-state index contributed by atoms with van der Waals surface area (Å²) >= 11 is 0. The molecule has 1 aromatic carbocycles. The highest BCUT2D eigenvalue weighted by Crippen LogP contribution is 2.33. The monoisotopic (exact) mass is 262 g/mol. The van der Waals surface area contributed by atoms with Gasteiger partial charge in [0.1, 0.15) is 5.75 Å². The molecule has 19 heavy (non-hydrogen) atoms. The summed E-state index contributed by atoms with van der Waals surface area (Å²) in [5.41, 5.74) is 7.82. The summed E-state index contributed by atoms with van der Waals surface area (Å²) in [6, 6.07) is 6.18. The molecule has 2 rings (SSSR count). The van der Waals surface area contributed by atoms with Crippen LogP contribution in [-0.4, -0.2) is 25.1 Å². The number of rotatable bonds is 5. The number of aryl methyl sites for hydroxylation is 1. The molecule has 0 fully saturated rings. The fourth-order valence-electron chi connectivity index (χ4n) is 3.04. The normalized spacial score (nSPS) is 21.8. The maximum Gasteiger partial charge on any atom is 0.219 e. The van der Waals surface area contributed by atoms with Crippen molar-refractivity contribution in [3.63, 3.8) is 0 Å². The molecule has 1 aliphatic rings. The van der Waals surface area contributed by atoms with Crippen molar-refractivity contribution < 1.29 is 9.53 Å².